The molecule has 0 aromatic carbocycles. The predicted molar refractivity (Wildman–Crippen MR) is 106 cm³/mol. The maximum absolute atomic E-state index is 5.67. The first-order chi connectivity index (χ1) is 11.8. The van der Waals surface area contributed by atoms with E-state index in [4.69, 9.17) is 4.74 Å². The highest BCUT2D eigenvalue weighted by Gasteiger charge is 2.19. The number of nitrogens with one attached hydrogen (secondary N) is 1. The summed E-state index contributed by atoms with van der Waals surface area (Å²) in [6.07, 6.45) is 25.6. The minimum Gasteiger partial charge on any atom is -0.362 e. The lowest BCUT2D eigenvalue weighted by atomic mass is 10.1. The van der Waals surface area contributed by atoms with E-state index in [2.05, 4.69) is 31.3 Å². The highest BCUT2D eigenvalue weighted by atomic mass is 16.5. The zero-order valence-electron chi connectivity index (χ0n) is 16.5. The Hall–Kier alpha value is -0.340. The molecule has 142 valence electrons. The first kappa shape index (κ1) is 21.7. The van der Waals surface area contributed by atoms with Gasteiger partial charge in [0.1, 0.15) is 6.23 Å². The molecule has 24 heavy (non-hydrogen) atoms. The molecular formula is C22H43NO. The van der Waals surface area contributed by atoms with Crippen LogP contribution in [0, 0.1) is 0 Å². The van der Waals surface area contributed by atoms with Gasteiger partial charge in [-0.1, -0.05) is 76.9 Å². The standard InChI is InChI=1S/C22H43NO/c1-3-4-5-6-7-8-9-10-11-12-13-14-15-16-17-18-19-22-23-21(2)20-24-22/h10-11,21-23H,3-9,12-20H2,1-2H3/b11-10-. The third kappa shape index (κ3) is 13.0. The molecule has 0 saturated carbocycles. The average Bonchev–Trinajstić information content (AvgIpc) is 3.00. The van der Waals surface area contributed by atoms with Gasteiger partial charge < -0.3 is 4.74 Å². The molecule has 1 N–H and O–H groups in total. The molecule has 2 nitrogen and oxygen atoms in total. The van der Waals surface area contributed by atoms with Gasteiger partial charge in [0, 0.05) is 6.04 Å². The van der Waals surface area contributed by atoms with Gasteiger partial charge in [-0.3, -0.25) is 5.32 Å². The van der Waals surface area contributed by atoms with Gasteiger partial charge >= 0.3 is 0 Å². The monoisotopic (exact) mass is 337 g/mol. The zero-order valence-corrected chi connectivity index (χ0v) is 16.5. The molecule has 0 spiro atoms. The first-order valence-corrected chi connectivity index (χ1v) is 10.9. The summed E-state index contributed by atoms with van der Waals surface area (Å²) in [7, 11) is 0. The summed E-state index contributed by atoms with van der Waals surface area (Å²) in [5, 5.41) is 3.48. The predicted octanol–water partition coefficient (Wildman–Crippen LogP) is 6.75. The molecule has 2 unspecified atom stereocenters. The fraction of sp³-hybridized carbons (Fsp3) is 0.909. The van der Waals surface area contributed by atoms with E-state index in [0.717, 1.165) is 6.61 Å². The SMILES string of the molecule is CCCCCCCC/C=C\CCCCCCCCC1NC(C)CO1. The summed E-state index contributed by atoms with van der Waals surface area (Å²) in [4.78, 5) is 0. The van der Waals surface area contributed by atoms with Crippen molar-refractivity contribution in [3.8, 4) is 0 Å². The summed E-state index contributed by atoms with van der Waals surface area (Å²) in [6.45, 7) is 5.37. The van der Waals surface area contributed by atoms with Crippen LogP contribution in [0.25, 0.3) is 0 Å². The molecule has 1 aliphatic rings. The summed E-state index contributed by atoms with van der Waals surface area (Å²) >= 11 is 0. The van der Waals surface area contributed by atoms with Crippen molar-refractivity contribution in [3.05, 3.63) is 12.2 Å². The van der Waals surface area contributed by atoms with E-state index in [9.17, 15) is 0 Å². The Labute approximate surface area is 151 Å². The normalized spacial score (nSPS) is 21.1. The molecule has 1 saturated heterocycles. The van der Waals surface area contributed by atoms with E-state index < -0.39 is 0 Å². The van der Waals surface area contributed by atoms with Crippen LogP contribution in [-0.4, -0.2) is 18.9 Å². The molecule has 1 aliphatic heterocycles. The largest absolute Gasteiger partial charge is 0.362 e. The minimum absolute atomic E-state index is 0.330. The molecule has 0 radical (unpaired) electrons. The van der Waals surface area contributed by atoms with Crippen LogP contribution in [0.5, 0.6) is 0 Å². The van der Waals surface area contributed by atoms with Gasteiger partial charge in [-0.05, 0) is 45.4 Å². The van der Waals surface area contributed by atoms with Crippen molar-refractivity contribution in [1.82, 2.24) is 5.32 Å². The molecule has 0 amide bonds. The van der Waals surface area contributed by atoms with E-state index in [1.807, 2.05) is 0 Å². The smallest absolute Gasteiger partial charge is 0.108 e. The molecule has 0 bridgehead atoms. The van der Waals surface area contributed by atoms with Gasteiger partial charge in [-0.25, -0.2) is 0 Å². The average molecular weight is 338 g/mol. The van der Waals surface area contributed by atoms with Crippen molar-refractivity contribution in [2.75, 3.05) is 6.61 Å². The van der Waals surface area contributed by atoms with E-state index in [-0.39, 0.29) is 0 Å². The summed E-state index contributed by atoms with van der Waals surface area (Å²) < 4.78 is 5.67. The van der Waals surface area contributed by atoms with E-state index in [0.29, 0.717) is 12.3 Å². The highest BCUT2D eigenvalue weighted by molar-refractivity contribution is 4.81. The van der Waals surface area contributed by atoms with Crippen LogP contribution in [0.1, 0.15) is 110 Å². The number of hydrogen-bond acceptors (Lipinski definition) is 2. The lowest BCUT2D eigenvalue weighted by Crippen LogP contribution is -2.27. The second-order valence-corrected chi connectivity index (χ2v) is 7.62. The highest BCUT2D eigenvalue weighted by Crippen LogP contribution is 2.13. The Kier molecular flexibility index (Phi) is 14.6. The summed E-state index contributed by atoms with van der Waals surface area (Å²) in [6, 6.07) is 0.545. The van der Waals surface area contributed by atoms with E-state index >= 15 is 0 Å². The van der Waals surface area contributed by atoms with Gasteiger partial charge in [-0.2, -0.15) is 0 Å². The fourth-order valence-electron chi connectivity index (χ4n) is 3.42. The molecule has 1 fully saturated rings. The van der Waals surface area contributed by atoms with Crippen LogP contribution in [0.4, 0.5) is 0 Å². The van der Waals surface area contributed by atoms with E-state index in [1.54, 1.807) is 0 Å². The van der Waals surface area contributed by atoms with Crippen LogP contribution in [-0.2, 0) is 4.74 Å². The zero-order chi connectivity index (χ0) is 17.3. The van der Waals surface area contributed by atoms with Gasteiger partial charge in [0.2, 0.25) is 0 Å². The van der Waals surface area contributed by atoms with Crippen LogP contribution >= 0.6 is 0 Å². The number of ether oxygens (including phenoxy) is 1. The maximum atomic E-state index is 5.67. The second kappa shape index (κ2) is 16.1. The first-order valence-electron chi connectivity index (χ1n) is 10.9. The molecule has 2 heteroatoms. The topological polar surface area (TPSA) is 21.3 Å². The third-order valence-corrected chi connectivity index (χ3v) is 5.00. The Morgan fingerprint density at radius 1 is 0.792 bits per heavy atom. The molecule has 0 aromatic rings. The Balaban J connectivity index is 1.72. The number of rotatable bonds is 16. The second-order valence-electron chi connectivity index (χ2n) is 7.62. The summed E-state index contributed by atoms with van der Waals surface area (Å²) in [5.41, 5.74) is 0. The maximum Gasteiger partial charge on any atom is 0.108 e. The quantitative estimate of drug-likeness (QED) is 0.248. The minimum atomic E-state index is 0.330. The van der Waals surface area contributed by atoms with Crippen LogP contribution in [0.3, 0.4) is 0 Å². The van der Waals surface area contributed by atoms with Gasteiger partial charge in [0.05, 0.1) is 6.61 Å². The molecule has 2 atom stereocenters. The van der Waals surface area contributed by atoms with Crippen molar-refractivity contribution in [2.24, 2.45) is 0 Å². The molecule has 0 aromatic heterocycles. The Bertz CT molecular complexity index is 290. The lowest BCUT2D eigenvalue weighted by Gasteiger charge is -2.09. The van der Waals surface area contributed by atoms with Crippen LogP contribution in [0.15, 0.2) is 12.2 Å². The van der Waals surface area contributed by atoms with Crippen molar-refractivity contribution in [3.63, 3.8) is 0 Å². The van der Waals surface area contributed by atoms with Gasteiger partial charge in [0.15, 0.2) is 0 Å². The molecule has 0 aliphatic carbocycles. The molecule has 1 heterocycles. The molecular weight excluding hydrogens is 294 g/mol. The molecule has 1 rings (SSSR count). The lowest BCUT2D eigenvalue weighted by molar-refractivity contribution is 0.0911. The summed E-state index contributed by atoms with van der Waals surface area (Å²) in [5.74, 6) is 0. The van der Waals surface area contributed by atoms with Gasteiger partial charge in [0.25, 0.3) is 0 Å². The number of unbranched alkanes of at least 4 members (excludes halogenated alkanes) is 12. The fourth-order valence-corrected chi connectivity index (χ4v) is 3.42. The van der Waals surface area contributed by atoms with Crippen molar-refractivity contribution in [1.29, 1.82) is 0 Å². The van der Waals surface area contributed by atoms with Crippen molar-refractivity contribution < 1.29 is 4.74 Å². The van der Waals surface area contributed by atoms with Gasteiger partial charge in [-0.15, -0.1) is 0 Å². The van der Waals surface area contributed by atoms with Crippen LogP contribution in [0.2, 0.25) is 0 Å². The van der Waals surface area contributed by atoms with Crippen molar-refractivity contribution in [2.45, 2.75) is 122 Å². The Morgan fingerprint density at radius 3 is 1.88 bits per heavy atom. The van der Waals surface area contributed by atoms with Crippen LogP contribution < -0.4 is 5.32 Å². The van der Waals surface area contributed by atoms with Crippen molar-refractivity contribution >= 4 is 0 Å². The number of hydrogen-bond donors (Lipinski definition) is 1. The van der Waals surface area contributed by atoms with E-state index in [1.165, 1.54) is 96.3 Å². The Morgan fingerprint density at radius 2 is 1.33 bits per heavy atom. The third-order valence-electron chi connectivity index (χ3n) is 5.00. The number of allylic oxidation sites excluding steroid dienone is 2.